The van der Waals surface area contributed by atoms with Crippen LogP contribution in [0.5, 0.6) is 0 Å². The number of ether oxygens (including phenoxy) is 1. The number of aliphatic hydroxyl groups excluding tert-OH is 2. The highest BCUT2D eigenvalue weighted by molar-refractivity contribution is 5.78. The number of fused-ring (bicyclic) bond motifs is 1. The molecule has 2 unspecified atom stereocenters. The van der Waals surface area contributed by atoms with E-state index in [9.17, 15) is 15.0 Å². The Labute approximate surface area is 150 Å². The topological polar surface area (TPSA) is 107 Å². The van der Waals surface area contributed by atoms with Crippen molar-refractivity contribution in [2.75, 3.05) is 6.54 Å². The Hall–Kier alpha value is -2.90. The molecule has 136 valence electrons. The maximum absolute atomic E-state index is 11.7. The zero-order chi connectivity index (χ0) is 18.4. The van der Waals surface area contributed by atoms with Gasteiger partial charge in [0.2, 0.25) is 0 Å². The van der Waals surface area contributed by atoms with Gasteiger partial charge in [0.1, 0.15) is 12.7 Å². The first-order valence-corrected chi connectivity index (χ1v) is 8.37. The molecule has 2 atom stereocenters. The van der Waals surface area contributed by atoms with Crippen LogP contribution < -0.4 is 5.32 Å². The second-order valence-corrected chi connectivity index (χ2v) is 6.01. The molecule has 7 heteroatoms. The van der Waals surface area contributed by atoms with E-state index >= 15 is 0 Å². The molecule has 1 heterocycles. The summed E-state index contributed by atoms with van der Waals surface area (Å²) < 4.78 is 5.09. The van der Waals surface area contributed by atoms with Crippen molar-refractivity contribution < 1.29 is 19.7 Å². The van der Waals surface area contributed by atoms with Gasteiger partial charge in [-0.05, 0) is 23.6 Å². The lowest BCUT2D eigenvalue weighted by Gasteiger charge is -2.18. The van der Waals surface area contributed by atoms with Crippen LogP contribution >= 0.6 is 0 Å². The molecule has 2 aromatic carbocycles. The fraction of sp³-hybridized carbons (Fsp3) is 0.263. The van der Waals surface area contributed by atoms with Crippen molar-refractivity contribution in [2.45, 2.75) is 25.2 Å². The lowest BCUT2D eigenvalue weighted by molar-refractivity contribution is 0.0137. The summed E-state index contributed by atoms with van der Waals surface area (Å²) in [5, 5.41) is 30.7. The highest BCUT2D eigenvalue weighted by Crippen LogP contribution is 2.22. The Morgan fingerprint density at radius 3 is 2.81 bits per heavy atom. The van der Waals surface area contributed by atoms with E-state index in [1.807, 2.05) is 36.4 Å². The zero-order valence-corrected chi connectivity index (χ0v) is 14.1. The molecule has 0 spiro atoms. The number of nitrogens with one attached hydrogen (secondary N) is 2. The average molecular weight is 355 g/mol. The number of amides is 1. The van der Waals surface area contributed by atoms with Crippen molar-refractivity contribution in [1.29, 1.82) is 0 Å². The number of carbonyl (C=O) groups is 1. The molecule has 0 saturated carbocycles. The first kappa shape index (κ1) is 17.9. The van der Waals surface area contributed by atoms with E-state index in [2.05, 4.69) is 15.5 Å². The molecule has 1 aromatic heterocycles. The van der Waals surface area contributed by atoms with Crippen molar-refractivity contribution in [1.82, 2.24) is 15.5 Å². The number of nitrogens with zero attached hydrogens (tertiary/aromatic N) is 1. The van der Waals surface area contributed by atoms with E-state index in [0.717, 1.165) is 16.5 Å². The number of H-pyrrole nitrogens is 1. The van der Waals surface area contributed by atoms with Crippen LogP contribution in [-0.4, -0.2) is 39.2 Å². The van der Waals surface area contributed by atoms with E-state index in [4.69, 9.17) is 4.74 Å². The molecule has 26 heavy (non-hydrogen) atoms. The van der Waals surface area contributed by atoms with E-state index in [1.54, 1.807) is 18.3 Å². The van der Waals surface area contributed by atoms with Crippen molar-refractivity contribution in [3.8, 4) is 0 Å². The third-order valence-electron chi connectivity index (χ3n) is 4.09. The smallest absolute Gasteiger partial charge is 0.407 e. The first-order valence-electron chi connectivity index (χ1n) is 8.37. The van der Waals surface area contributed by atoms with Gasteiger partial charge in [0.25, 0.3) is 0 Å². The highest BCUT2D eigenvalue weighted by Gasteiger charge is 2.19. The van der Waals surface area contributed by atoms with E-state index in [1.165, 1.54) is 0 Å². The summed E-state index contributed by atoms with van der Waals surface area (Å²) >= 11 is 0. The number of aliphatic hydroxyl groups is 2. The number of rotatable bonds is 7. The highest BCUT2D eigenvalue weighted by atomic mass is 16.5. The van der Waals surface area contributed by atoms with Crippen molar-refractivity contribution in [3.63, 3.8) is 0 Å². The van der Waals surface area contributed by atoms with Crippen LogP contribution in [0, 0.1) is 0 Å². The van der Waals surface area contributed by atoms with Crippen molar-refractivity contribution >= 4 is 17.0 Å². The fourth-order valence-electron chi connectivity index (χ4n) is 2.61. The summed E-state index contributed by atoms with van der Waals surface area (Å²) in [5.74, 6) is 0. The van der Waals surface area contributed by atoms with Crippen LogP contribution in [-0.2, 0) is 11.3 Å². The SMILES string of the molecule is O=C(NCCC(O)C(O)c1ccc2cn[nH]c2c1)OCc1ccccc1. The van der Waals surface area contributed by atoms with E-state index < -0.39 is 18.3 Å². The molecule has 0 aliphatic carbocycles. The second-order valence-electron chi connectivity index (χ2n) is 6.01. The Balaban J connectivity index is 1.42. The minimum atomic E-state index is -1.05. The summed E-state index contributed by atoms with van der Waals surface area (Å²) in [6.45, 7) is 0.375. The average Bonchev–Trinajstić information content (AvgIpc) is 3.14. The number of hydrogen-bond donors (Lipinski definition) is 4. The molecule has 0 saturated heterocycles. The summed E-state index contributed by atoms with van der Waals surface area (Å²) in [7, 11) is 0. The van der Waals surface area contributed by atoms with Gasteiger partial charge in [0.05, 0.1) is 17.8 Å². The molecule has 0 aliphatic heterocycles. The quantitative estimate of drug-likeness (QED) is 0.520. The Morgan fingerprint density at radius 1 is 1.19 bits per heavy atom. The van der Waals surface area contributed by atoms with Crippen molar-refractivity contribution in [3.05, 3.63) is 65.9 Å². The molecule has 3 aromatic rings. The summed E-state index contributed by atoms with van der Waals surface area (Å²) in [4.78, 5) is 11.7. The number of carbonyl (C=O) groups excluding carboxylic acids is 1. The maximum atomic E-state index is 11.7. The van der Waals surface area contributed by atoms with E-state index in [0.29, 0.717) is 5.56 Å². The largest absolute Gasteiger partial charge is 0.445 e. The van der Waals surface area contributed by atoms with Gasteiger partial charge in [-0.15, -0.1) is 0 Å². The lowest BCUT2D eigenvalue weighted by Crippen LogP contribution is -2.29. The molecule has 4 N–H and O–H groups in total. The van der Waals surface area contributed by atoms with E-state index in [-0.39, 0.29) is 19.6 Å². The number of hydrogen-bond acceptors (Lipinski definition) is 5. The Kier molecular flexibility index (Phi) is 5.83. The molecule has 3 rings (SSSR count). The molecular formula is C19H21N3O4. The standard InChI is InChI=1S/C19H21N3O4/c23-17(18(24)14-6-7-15-11-21-22-16(15)10-14)8-9-20-19(25)26-12-13-4-2-1-3-5-13/h1-7,10-11,17-18,23-24H,8-9,12H2,(H,20,25)(H,21,22). The predicted molar refractivity (Wildman–Crippen MR) is 96.3 cm³/mol. The molecule has 0 aliphatic rings. The summed E-state index contributed by atoms with van der Waals surface area (Å²) in [5.41, 5.74) is 2.27. The normalized spacial score (nSPS) is 13.3. The van der Waals surface area contributed by atoms with Gasteiger partial charge in [0, 0.05) is 11.9 Å². The van der Waals surface area contributed by atoms with Gasteiger partial charge < -0.3 is 20.3 Å². The number of alkyl carbamates (subject to hydrolysis) is 1. The first-order chi connectivity index (χ1) is 12.6. The third kappa shape index (κ3) is 4.59. The third-order valence-corrected chi connectivity index (χ3v) is 4.09. The minimum absolute atomic E-state index is 0.183. The van der Waals surface area contributed by atoms with Gasteiger partial charge in [-0.3, -0.25) is 5.10 Å². The summed E-state index contributed by atoms with van der Waals surface area (Å²) in [6, 6.07) is 14.7. The molecule has 7 nitrogen and oxygen atoms in total. The lowest BCUT2D eigenvalue weighted by atomic mass is 10.0. The van der Waals surface area contributed by atoms with Crippen LogP contribution in [0.1, 0.15) is 23.7 Å². The fourth-order valence-corrected chi connectivity index (χ4v) is 2.61. The van der Waals surface area contributed by atoms with Crippen LogP contribution in [0.4, 0.5) is 4.79 Å². The Morgan fingerprint density at radius 2 is 2.00 bits per heavy atom. The van der Waals surface area contributed by atoms with Gasteiger partial charge in [-0.25, -0.2) is 4.79 Å². The van der Waals surface area contributed by atoms with Crippen LogP contribution in [0.2, 0.25) is 0 Å². The zero-order valence-electron chi connectivity index (χ0n) is 14.1. The summed E-state index contributed by atoms with van der Waals surface area (Å²) in [6.07, 6.45) is -0.737. The maximum Gasteiger partial charge on any atom is 0.407 e. The second kappa shape index (κ2) is 8.46. The Bertz CT molecular complexity index is 850. The number of aromatic nitrogens is 2. The monoisotopic (exact) mass is 355 g/mol. The number of benzene rings is 2. The minimum Gasteiger partial charge on any atom is -0.445 e. The molecule has 0 fully saturated rings. The van der Waals surface area contributed by atoms with Gasteiger partial charge in [-0.1, -0.05) is 42.5 Å². The molecular weight excluding hydrogens is 334 g/mol. The van der Waals surface area contributed by atoms with Crippen LogP contribution in [0.3, 0.4) is 0 Å². The van der Waals surface area contributed by atoms with Crippen molar-refractivity contribution in [2.24, 2.45) is 0 Å². The van der Waals surface area contributed by atoms with Crippen LogP contribution in [0.15, 0.2) is 54.7 Å². The van der Waals surface area contributed by atoms with Gasteiger partial charge >= 0.3 is 6.09 Å². The molecule has 0 radical (unpaired) electrons. The predicted octanol–water partition coefficient (Wildman–Crippen LogP) is 2.27. The van der Waals surface area contributed by atoms with Gasteiger partial charge in [0.15, 0.2) is 0 Å². The van der Waals surface area contributed by atoms with Crippen LogP contribution in [0.25, 0.3) is 10.9 Å². The molecule has 0 bridgehead atoms. The number of aromatic amines is 1. The molecule has 1 amide bonds. The van der Waals surface area contributed by atoms with Gasteiger partial charge in [-0.2, -0.15) is 5.10 Å².